The standard InChI is InChI=1S/C28H42N4O4S/c1-5-20(2)25(31-26(33)13-15-29)18-32(17-22-11-8-10-21-9-6-7-12-23(21)22)19-27(34)30-24(14-16-37-4)28(35)36-3/h6-12,20,24-25H,5,13-19,29H2,1-4H3,(H,30,34)(H,31,33). The molecule has 2 amide bonds. The van der Waals surface area contributed by atoms with E-state index in [0.717, 1.165) is 28.5 Å². The molecule has 4 N–H and O–H groups in total. The summed E-state index contributed by atoms with van der Waals surface area (Å²) in [6.07, 6.45) is 3.58. The third-order valence-electron chi connectivity index (χ3n) is 6.58. The number of carbonyl (C=O) groups excluding carboxylic acids is 3. The summed E-state index contributed by atoms with van der Waals surface area (Å²) in [5, 5.41) is 8.23. The first-order valence-electron chi connectivity index (χ1n) is 12.9. The van der Waals surface area contributed by atoms with Crippen molar-refractivity contribution >= 4 is 40.3 Å². The average molecular weight is 531 g/mol. The Kier molecular flexibility index (Phi) is 13.5. The van der Waals surface area contributed by atoms with Crippen molar-refractivity contribution in [2.45, 2.75) is 51.7 Å². The molecule has 8 nitrogen and oxygen atoms in total. The number of benzene rings is 2. The van der Waals surface area contributed by atoms with Gasteiger partial charge in [0, 0.05) is 32.1 Å². The van der Waals surface area contributed by atoms with E-state index in [1.165, 1.54) is 7.11 Å². The van der Waals surface area contributed by atoms with Crippen LogP contribution in [0, 0.1) is 5.92 Å². The van der Waals surface area contributed by atoms with Crippen LogP contribution in [0.5, 0.6) is 0 Å². The third-order valence-corrected chi connectivity index (χ3v) is 7.22. The van der Waals surface area contributed by atoms with Crippen molar-refractivity contribution in [3.8, 4) is 0 Å². The van der Waals surface area contributed by atoms with Gasteiger partial charge in [-0.1, -0.05) is 62.7 Å². The van der Waals surface area contributed by atoms with Gasteiger partial charge in [-0.25, -0.2) is 4.79 Å². The number of carbonyl (C=O) groups is 3. The zero-order chi connectivity index (χ0) is 27.2. The SMILES string of the molecule is CCC(C)C(CN(CC(=O)NC(CCSC)C(=O)OC)Cc1cccc2ccccc12)NC(=O)CCN. The number of thioether (sulfide) groups is 1. The Morgan fingerprint density at radius 2 is 1.81 bits per heavy atom. The summed E-state index contributed by atoms with van der Waals surface area (Å²) in [5.41, 5.74) is 6.68. The van der Waals surface area contributed by atoms with Crippen LogP contribution in [0.2, 0.25) is 0 Å². The van der Waals surface area contributed by atoms with E-state index in [1.54, 1.807) is 11.8 Å². The first kappa shape index (κ1) is 30.6. The Morgan fingerprint density at radius 3 is 2.49 bits per heavy atom. The predicted octanol–water partition coefficient (Wildman–Crippen LogP) is 2.93. The van der Waals surface area contributed by atoms with E-state index in [9.17, 15) is 14.4 Å². The number of fused-ring (bicyclic) bond motifs is 1. The second kappa shape index (κ2) is 16.3. The monoisotopic (exact) mass is 530 g/mol. The van der Waals surface area contributed by atoms with Crippen LogP contribution in [0.3, 0.4) is 0 Å². The van der Waals surface area contributed by atoms with Gasteiger partial charge >= 0.3 is 5.97 Å². The van der Waals surface area contributed by atoms with Crippen molar-refractivity contribution in [2.24, 2.45) is 11.7 Å². The molecule has 0 heterocycles. The molecule has 0 spiro atoms. The fourth-order valence-electron chi connectivity index (χ4n) is 4.27. The number of hydrogen-bond donors (Lipinski definition) is 3. The average Bonchev–Trinajstić information content (AvgIpc) is 2.89. The summed E-state index contributed by atoms with van der Waals surface area (Å²) in [7, 11) is 1.33. The minimum atomic E-state index is -0.695. The maximum atomic E-state index is 13.2. The number of nitrogens with zero attached hydrogens (tertiary/aromatic N) is 1. The molecule has 2 aromatic rings. The molecule has 0 saturated carbocycles. The molecular weight excluding hydrogens is 488 g/mol. The van der Waals surface area contributed by atoms with Crippen molar-refractivity contribution in [3.05, 3.63) is 48.0 Å². The van der Waals surface area contributed by atoms with Gasteiger partial charge in [0.15, 0.2) is 0 Å². The Hall–Kier alpha value is -2.62. The number of nitrogens with two attached hydrogens (primary N) is 1. The van der Waals surface area contributed by atoms with Gasteiger partial charge in [-0.15, -0.1) is 0 Å². The quantitative estimate of drug-likeness (QED) is 0.286. The van der Waals surface area contributed by atoms with E-state index < -0.39 is 12.0 Å². The van der Waals surface area contributed by atoms with Crippen LogP contribution in [0.15, 0.2) is 42.5 Å². The van der Waals surface area contributed by atoms with E-state index in [1.807, 2.05) is 29.4 Å². The van der Waals surface area contributed by atoms with Crippen LogP contribution in [0.25, 0.3) is 10.8 Å². The Morgan fingerprint density at radius 1 is 1.08 bits per heavy atom. The van der Waals surface area contributed by atoms with Gasteiger partial charge in [0.25, 0.3) is 0 Å². The first-order valence-corrected chi connectivity index (χ1v) is 14.3. The number of esters is 1. The number of amides is 2. The van der Waals surface area contributed by atoms with E-state index in [-0.39, 0.29) is 43.3 Å². The molecule has 0 aliphatic heterocycles. The number of rotatable bonds is 16. The molecule has 0 aliphatic carbocycles. The summed E-state index contributed by atoms with van der Waals surface area (Å²) in [6.45, 7) is 5.54. The summed E-state index contributed by atoms with van der Waals surface area (Å²) >= 11 is 1.61. The van der Waals surface area contributed by atoms with E-state index in [0.29, 0.717) is 19.5 Å². The van der Waals surface area contributed by atoms with Gasteiger partial charge in [-0.05, 0) is 40.7 Å². The fourth-order valence-corrected chi connectivity index (χ4v) is 4.74. The highest BCUT2D eigenvalue weighted by Gasteiger charge is 2.26. The van der Waals surface area contributed by atoms with Gasteiger partial charge in [-0.2, -0.15) is 11.8 Å². The van der Waals surface area contributed by atoms with Gasteiger partial charge in [0.05, 0.1) is 13.7 Å². The van der Waals surface area contributed by atoms with Crippen LogP contribution >= 0.6 is 11.8 Å². The largest absolute Gasteiger partial charge is 0.467 e. The highest BCUT2D eigenvalue weighted by atomic mass is 32.2. The molecule has 0 bridgehead atoms. The van der Waals surface area contributed by atoms with Crippen LogP contribution in [-0.4, -0.2) is 73.5 Å². The molecule has 37 heavy (non-hydrogen) atoms. The Bertz CT molecular complexity index is 1010. The summed E-state index contributed by atoms with van der Waals surface area (Å²) in [6, 6.07) is 13.5. The lowest BCUT2D eigenvalue weighted by molar-refractivity contribution is -0.145. The maximum absolute atomic E-state index is 13.2. The van der Waals surface area contributed by atoms with E-state index >= 15 is 0 Å². The van der Waals surface area contributed by atoms with Gasteiger partial charge in [0.1, 0.15) is 6.04 Å². The normalized spacial score (nSPS) is 13.7. The van der Waals surface area contributed by atoms with Crippen molar-refractivity contribution in [1.82, 2.24) is 15.5 Å². The minimum absolute atomic E-state index is 0.0790. The number of hydrogen-bond acceptors (Lipinski definition) is 7. The number of methoxy groups -OCH3 is 1. The Labute approximate surface area is 225 Å². The molecule has 2 aromatic carbocycles. The minimum Gasteiger partial charge on any atom is -0.467 e. The summed E-state index contributed by atoms with van der Waals surface area (Å²) in [5.74, 6) is 0.125. The second-order valence-electron chi connectivity index (χ2n) is 9.33. The highest BCUT2D eigenvalue weighted by molar-refractivity contribution is 7.98. The Balaban J connectivity index is 2.30. The van der Waals surface area contributed by atoms with E-state index in [2.05, 4.69) is 48.7 Å². The smallest absolute Gasteiger partial charge is 0.328 e. The molecule has 0 aromatic heterocycles. The van der Waals surface area contributed by atoms with Crippen LogP contribution in [0.1, 0.15) is 38.7 Å². The molecular formula is C28H42N4O4S. The van der Waals surface area contributed by atoms with Crippen molar-refractivity contribution in [2.75, 3.05) is 38.8 Å². The lowest BCUT2D eigenvalue weighted by Crippen LogP contribution is -2.51. The van der Waals surface area contributed by atoms with Gasteiger partial charge in [-0.3, -0.25) is 14.5 Å². The zero-order valence-electron chi connectivity index (χ0n) is 22.5. The fraction of sp³-hybridized carbons (Fsp3) is 0.536. The second-order valence-corrected chi connectivity index (χ2v) is 10.3. The first-order chi connectivity index (χ1) is 17.8. The number of ether oxygens (including phenoxy) is 1. The third kappa shape index (κ3) is 9.98. The van der Waals surface area contributed by atoms with Crippen LogP contribution < -0.4 is 16.4 Å². The molecule has 2 rings (SSSR count). The van der Waals surface area contributed by atoms with Crippen molar-refractivity contribution in [3.63, 3.8) is 0 Å². The van der Waals surface area contributed by atoms with Gasteiger partial charge < -0.3 is 21.1 Å². The van der Waals surface area contributed by atoms with Crippen molar-refractivity contribution in [1.29, 1.82) is 0 Å². The topological polar surface area (TPSA) is 114 Å². The molecule has 3 atom stereocenters. The molecule has 9 heteroatoms. The summed E-state index contributed by atoms with van der Waals surface area (Å²) in [4.78, 5) is 39.9. The lowest BCUT2D eigenvalue weighted by Gasteiger charge is -2.31. The zero-order valence-corrected chi connectivity index (χ0v) is 23.3. The molecule has 3 unspecified atom stereocenters. The summed E-state index contributed by atoms with van der Waals surface area (Å²) < 4.78 is 4.90. The molecule has 0 aliphatic rings. The molecule has 0 radical (unpaired) electrons. The molecule has 0 saturated heterocycles. The van der Waals surface area contributed by atoms with Crippen LogP contribution in [-0.2, 0) is 25.7 Å². The number of nitrogens with one attached hydrogen (secondary N) is 2. The lowest BCUT2D eigenvalue weighted by atomic mass is 9.97. The van der Waals surface area contributed by atoms with Gasteiger partial charge in [0.2, 0.25) is 11.8 Å². The molecule has 0 fully saturated rings. The predicted molar refractivity (Wildman–Crippen MR) is 151 cm³/mol. The maximum Gasteiger partial charge on any atom is 0.328 e. The van der Waals surface area contributed by atoms with E-state index in [4.69, 9.17) is 10.5 Å². The van der Waals surface area contributed by atoms with Crippen LogP contribution in [0.4, 0.5) is 0 Å². The molecule has 204 valence electrons. The highest BCUT2D eigenvalue weighted by Crippen LogP contribution is 2.21. The van der Waals surface area contributed by atoms with Crippen molar-refractivity contribution < 1.29 is 19.1 Å².